The van der Waals surface area contributed by atoms with E-state index in [4.69, 9.17) is 23.2 Å². The molecule has 2 nitrogen and oxygen atoms in total. The Balaban J connectivity index is 2.66. The van der Waals surface area contributed by atoms with Crippen molar-refractivity contribution in [2.45, 2.75) is 45.2 Å². The molecule has 1 aromatic rings. The molecule has 20 heavy (non-hydrogen) atoms. The molecule has 4 heteroatoms. The maximum atomic E-state index is 6.31. The van der Waals surface area contributed by atoms with Crippen LogP contribution in [0.2, 0.25) is 10.0 Å². The van der Waals surface area contributed by atoms with Crippen molar-refractivity contribution in [3.05, 3.63) is 33.8 Å². The van der Waals surface area contributed by atoms with Crippen LogP contribution in [-0.2, 0) is 0 Å². The average Bonchev–Trinajstić information content (AvgIpc) is 2.43. The molecule has 0 aliphatic heterocycles. The number of hydrogen-bond donors (Lipinski definition) is 1. The van der Waals surface area contributed by atoms with Crippen LogP contribution in [0, 0.1) is 0 Å². The fraction of sp³-hybridized carbons (Fsp3) is 0.625. The van der Waals surface area contributed by atoms with Gasteiger partial charge in [0.25, 0.3) is 0 Å². The molecule has 0 radical (unpaired) electrons. The van der Waals surface area contributed by atoms with Crippen LogP contribution < -0.4 is 5.32 Å². The summed E-state index contributed by atoms with van der Waals surface area (Å²) in [5, 5.41) is 4.63. The van der Waals surface area contributed by atoms with Crippen LogP contribution in [-0.4, -0.2) is 31.6 Å². The van der Waals surface area contributed by atoms with Gasteiger partial charge in [0.15, 0.2) is 0 Å². The molecule has 1 aromatic carbocycles. The molecule has 114 valence electrons. The Morgan fingerprint density at radius 3 is 2.55 bits per heavy atom. The van der Waals surface area contributed by atoms with Gasteiger partial charge in [-0.1, -0.05) is 48.7 Å². The number of benzene rings is 1. The maximum Gasteiger partial charge on any atom is 0.0640 e. The lowest BCUT2D eigenvalue weighted by Crippen LogP contribution is -2.32. The topological polar surface area (TPSA) is 15.3 Å². The van der Waals surface area contributed by atoms with Crippen molar-refractivity contribution in [3.63, 3.8) is 0 Å². The summed E-state index contributed by atoms with van der Waals surface area (Å²) in [6, 6.07) is 6.68. The number of hydrogen-bond acceptors (Lipinski definition) is 2. The van der Waals surface area contributed by atoms with Crippen molar-refractivity contribution in [3.8, 4) is 0 Å². The van der Waals surface area contributed by atoms with Gasteiger partial charge in [0, 0.05) is 12.1 Å². The quantitative estimate of drug-likeness (QED) is 0.743. The van der Waals surface area contributed by atoms with E-state index < -0.39 is 0 Å². The van der Waals surface area contributed by atoms with Crippen molar-refractivity contribution < 1.29 is 0 Å². The third-order valence-corrected chi connectivity index (χ3v) is 4.77. The predicted octanol–water partition coefficient (Wildman–Crippen LogP) is 4.76. The molecule has 2 atom stereocenters. The van der Waals surface area contributed by atoms with Crippen molar-refractivity contribution in [2.24, 2.45) is 0 Å². The second-order valence-corrected chi connectivity index (χ2v) is 6.18. The van der Waals surface area contributed by atoms with Crippen molar-refractivity contribution in [1.82, 2.24) is 10.2 Å². The fourth-order valence-corrected chi connectivity index (χ4v) is 2.88. The van der Waals surface area contributed by atoms with Gasteiger partial charge in [0.05, 0.1) is 10.0 Å². The molecule has 0 aliphatic carbocycles. The van der Waals surface area contributed by atoms with Gasteiger partial charge >= 0.3 is 0 Å². The Labute approximate surface area is 133 Å². The standard InChI is InChI=1S/C16H26Cl2N2/c1-5-7-12(2)20(4)11-10-15(19-3)13-8-6-9-14(17)16(13)18/h6,8-9,12,15,19H,5,7,10-11H2,1-4H3. The molecular formula is C16H26Cl2N2. The molecule has 0 aliphatic rings. The van der Waals surface area contributed by atoms with E-state index in [2.05, 4.69) is 31.1 Å². The van der Waals surface area contributed by atoms with Crippen LogP contribution in [0.4, 0.5) is 0 Å². The molecule has 0 aromatic heterocycles. The number of halogens is 2. The SMILES string of the molecule is CCCC(C)N(C)CCC(NC)c1cccc(Cl)c1Cl. The molecule has 0 amide bonds. The zero-order valence-corrected chi connectivity index (χ0v) is 14.4. The molecule has 1 N–H and O–H groups in total. The van der Waals surface area contributed by atoms with Gasteiger partial charge in [-0.05, 0) is 52.0 Å². The van der Waals surface area contributed by atoms with Gasteiger partial charge in [-0.15, -0.1) is 0 Å². The highest BCUT2D eigenvalue weighted by Crippen LogP contribution is 2.31. The second kappa shape index (κ2) is 8.89. The van der Waals surface area contributed by atoms with E-state index in [1.807, 2.05) is 25.2 Å². The first-order valence-electron chi connectivity index (χ1n) is 7.32. The third kappa shape index (κ3) is 4.92. The molecule has 0 saturated carbocycles. The second-order valence-electron chi connectivity index (χ2n) is 5.39. The Morgan fingerprint density at radius 2 is 1.95 bits per heavy atom. The van der Waals surface area contributed by atoms with Crippen LogP contribution in [0.5, 0.6) is 0 Å². The van der Waals surface area contributed by atoms with Crippen LogP contribution in [0.15, 0.2) is 18.2 Å². The van der Waals surface area contributed by atoms with Crippen molar-refractivity contribution in [1.29, 1.82) is 0 Å². The molecule has 1 rings (SSSR count). The lowest BCUT2D eigenvalue weighted by molar-refractivity contribution is 0.232. The highest BCUT2D eigenvalue weighted by molar-refractivity contribution is 6.42. The van der Waals surface area contributed by atoms with E-state index in [0.29, 0.717) is 16.1 Å². The van der Waals surface area contributed by atoms with Crippen molar-refractivity contribution >= 4 is 23.2 Å². The van der Waals surface area contributed by atoms with E-state index >= 15 is 0 Å². The van der Waals surface area contributed by atoms with E-state index in [-0.39, 0.29) is 6.04 Å². The third-order valence-electron chi connectivity index (χ3n) is 3.93. The van der Waals surface area contributed by atoms with E-state index in [9.17, 15) is 0 Å². The minimum absolute atomic E-state index is 0.234. The molecule has 0 fully saturated rings. The minimum atomic E-state index is 0.234. The van der Waals surface area contributed by atoms with Crippen LogP contribution in [0.25, 0.3) is 0 Å². The number of nitrogens with zero attached hydrogens (tertiary/aromatic N) is 1. The van der Waals surface area contributed by atoms with Gasteiger partial charge in [-0.25, -0.2) is 0 Å². The number of nitrogens with one attached hydrogen (secondary N) is 1. The molecule has 0 saturated heterocycles. The maximum absolute atomic E-state index is 6.31. The van der Waals surface area contributed by atoms with E-state index in [1.54, 1.807) is 0 Å². The van der Waals surface area contributed by atoms with Gasteiger partial charge in [-0.3, -0.25) is 0 Å². The Bertz CT molecular complexity index is 409. The zero-order valence-electron chi connectivity index (χ0n) is 12.9. The predicted molar refractivity (Wildman–Crippen MR) is 89.9 cm³/mol. The Hall–Kier alpha value is -0.280. The summed E-state index contributed by atoms with van der Waals surface area (Å²) in [5.74, 6) is 0. The van der Waals surface area contributed by atoms with Gasteiger partial charge < -0.3 is 10.2 Å². The fourth-order valence-electron chi connectivity index (χ4n) is 2.44. The molecule has 2 unspecified atom stereocenters. The summed E-state index contributed by atoms with van der Waals surface area (Å²) in [5.41, 5.74) is 1.08. The normalized spacial score (nSPS) is 14.6. The largest absolute Gasteiger partial charge is 0.313 e. The Kier molecular flexibility index (Phi) is 7.90. The van der Waals surface area contributed by atoms with Crippen LogP contribution >= 0.6 is 23.2 Å². The number of rotatable bonds is 8. The summed E-state index contributed by atoms with van der Waals surface area (Å²) in [4.78, 5) is 2.41. The summed E-state index contributed by atoms with van der Waals surface area (Å²) < 4.78 is 0. The summed E-state index contributed by atoms with van der Waals surface area (Å²) >= 11 is 12.4. The average molecular weight is 317 g/mol. The first-order chi connectivity index (χ1) is 9.51. The van der Waals surface area contributed by atoms with Gasteiger partial charge in [-0.2, -0.15) is 0 Å². The first-order valence-corrected chi connectivity index (χ1v) is 8.08. The van der Waals surface area contributed by atoms with Gasteiger partial charge in [0.1, 0.15) is 0 Å². The summed E-state index contributed by atoms with van der Waals surface area (Å²) in [7, 11) is 4.16. The highest BCUT2D eigenvalue weighted by atomic mass is 35.5. The monoisotopic (exact) mass is 316 g/mol. The van der Waals surface area contributed by atoms with E-state index in [0.717, 1.165) is 18.5 Å². The van der Waals surface area contributed by atoms with Crippen molar-refractivity contribution in [2.75, 3.05) is 20.6 Å². The molecule has 0 heterocycles. The van der Waals surface area contributed by atoms with Gasteiger partial charge in [0.2, 0.25) is 0 Å². The molecular weight excluding hydrogens is 291 g/mol. The lowest BCUT2D eigenvalue weighted by atomic mass is 10.0. The van der Waals surface area contributed by atoms with Crippen LogP contribution in [0.3, 0.4) is 0 Å². The first kappa shape index (κ1) is 17.8. The molecule has 0 bridgehead atoms. The molecule has 0 spiro atoms. The highest BCUT2D eigenvalue weighted by Gasteiger charge is 2.16. The smallest absolute Gasteiger partial charge is 0.0640 e. The Morgan fingerprint density at radius 1 is 1.25 bits per heavy atom. The lowest BCUT2D eigenvalue weighted by Gasteiger charge is -2.27. The van der Waals surface area contributed by atoms with Crippen LogP contribution in [0.1, 0.15) is 44.7 Å². The zero-order chi connectivity index (χ0) is 15.1. The summed E-state index contributed by atoms with van der Waals surface area (Å²) in [6.07, 6.45) is 3.47. The minimum Gasteiger partial charge on any atom is -0.313 e. The van der Waals surface area contributed by atoms with E-state index in [1.165, 1.54) is 12.8 Å². The summed E-state index contributed by atoms with van der Waals surface area (Å²) in [6.45, 7) is 5.55.